The van der Waals surface area contributed by atoms with Crippen LogP contribution in [0.15, 0.2) is 29.3 Å². The van der Waals surface area contributed by atoms with Crippen LogP contribution in [0, 0.1) is 5.92 Å². The third-order valence-corrected chi connectivity index (χ3v) is 6.16. The predicted octanol–water partition coefficient (Wildman–Crippen LogP) is 6.25. The van der Waals surface area contributed by atoms with Gasteiger partial charge in [0.1, 0.15) is 11.8 Å². The molecule has 0 aromatic heterocycles. The minimum atomic E-state index is -0.999. The Kier molecular flexibility index (Phi) is 16.7. The number of unbranched alkanes of at least 4 members (excludes halogenated alkanes) is 8. The number of nitrogens with zero attached hydrogens (tertiary/aromatic N) is 1. The third kappa shape index (κ3) is 12.8. The summed E-state index contributed by atoms with van der Waals surface area (Å²) in [6.07, 6.45) is 9.93. The molecule has 8 heteroatoms. The van der Waals surface area contributed by atoms with E-state index in [-0.39, 0.29) is 19.1 Å². The van der Waals surface area contributed by atoms with Gasteiger partial charge in [-0.15, -0.1) is 0 Å². The van der Waals surface area contributed by atoms with Gasteiger partial charge in [0.2, 0.25) is 5.91 Å². The van der Waals surface area contributed by atoms with E-state index in [0.717, 1.165) is 19.3 Å². The number of carbonyl (C=O) groups excluding carboxylic acids is 3. The molecule has 0 aliphatic heterocycles. The van der Waals surface area contributed by atoms with Crippen molar-refractivity contribution in [3.63, 3.8) is 0 Å². The Hall–Kier alpha value is -2.90. The fraction of sp³-hybridized carbons (Fsp3) is 0.655. The molecular formula is C29H46N2O6. The van der Waals surface area contributed by atoms with Crippen molar-refractivity contribution in [2.45, 2.75) is 97.9 Å². The second kappa shape index (κ2) is 19.2. The molecule has 1 aromatic rings. The highest BCUT2D eigenvalue weighted by Crippen LogP contribution is 2.20. The lowest BCUT2D eigenvalue weighted by Gasteiger charge is -2.25. The number of aliphatic imine (C=N–C) groups is 1. The number of hydrogen-bond donors (Lipinski definition) is 1. The van der Waals surface area contributed by atoms with E-state index in [0.29, 0.717) is 23.4 Å². The van der Waals surface area contributed by atoms with Gasteiger partial charge in [-0.25, -0.2) is 9.59 Å². The number of nitrogens with one attached hydrogen (secondary N) is 1. The number of methoxy groups -OCH3 is 1. The van der Waals surface area contributed by atoms with E-state index in [1.54, 1.807) is 52.1 Å². The summed E-state index contributed by atoms with van der Waals surface area (Å²) in [5, 5.41) is 2.83. The van der Waals surface area contributed by atoms with E-state index >= 15 is 0 Å². The molecule has 37 heavy (non-hydrogen) atoms. The average molecular weight is 519 g/mol. The minimum absolute atomic E-state index is 0.170. The highest BCUT2D eigenvalue weighted by Gasteiger charge is 2.32. The van der Waals surface area contributed by atoms with E-state index in [9.17, 15) is 14.4 Å². The molecule has 8 nitrogen and oxygen atoms in total. The zero-order chi connectivity index (χ0) is 27.5. The summed E-state index contributed by atoms with van der Waals surface area (Å²) in [6.45, 7) is 7.69. The van der Waals surface area contributed by atoms with Crippen LogP contribution >= 0.6 is 0 Å². The van der Waals surface area contributed by atoms with Crippen molar-refractivity contribution in [2.24, 2.45) is 10.9 Å². The fourth-order valence-corrected chi connectivity index (χ4v) is 4.06. The number of rotatable bonds is 18. The molecule has 0 aliphatic rings. The second-order valence-electron chi connectivity index (χ2n) is 9.09. The highest BCUT2D eigenvalue weighted by molar-refractivity contribution is 6.09. The van der Waals surface area contributed by atoms with E-state index in [1.165, 1.54) is 38.5 Å². The van der Waals surface area contributed by atoms with Gasteiger partial charge >= 0.3 is 12.1 Å². The molecule has 0 unspecified atom stereocenters. The molecule has 2 atom stereocenters. The summed E-state index contributed by atoms with van der Waals surface area (Å²) in [5.41, 5.74) is 0.936. The molecule has 208 valence electrons. The Bertz CT molecular complexity index is 837. The van der Waals surface area contributed by atoms with Crippen LogP contribution in [0.4, 0.5) is 4.79 Å². The van der Waals surface area contributed by atoms with E-state index < -0.39 is 24.0 Å². The van der Waals surface area contributed by atoms with Gasteiger partial charge in [0.05, 0.1) is 26.0 Å². The van der Waals surface area contributed by atoms with Gasteiger partial charge < -0.3 is 19.5 Å². The van der Waals surface area contributed by atoms with Crippen LogP contribution in [-0.4, -0.2) is 50.0 Å². The van der Waals surface area contributed by atoms with Crippen LogP contribution in [0.3, 0.4) is 0 Å². The van der Waals surface area contributed by atoms with Crippen LogP contribution < -0.4 is 10.1 Å². The first-order valence-electron chi connectivity index (χ1n) is 13.7. The van der Waals surface area contributed by atoms with E-state index in [4.69, 9.17) is 14.2 Å². The molecule has 0 saturated carbocycles. The quantitative estimate of drug-likeness (QED) is 0.140. The Morgan fingerprint density at radius 2 is 1.41 bits per heavy atom. The maximum Gasteiger partial charge on any atom is 0.433 e. The topological polar surface area (TPSA) is 103 Å². The normalized spacial score (nSPS) is 12.9. The smallest absolute Gasteiger partial charge is 0.433 e. The fourth-order valence-electron chi connectivity index (χ4n) is 4.06. The Balaban J connectivity index is 2.89. The molecule has 0 fully saturated rings. The number of carbonyl (C=O) groups is 3. The van der Waals surface area contributed by atoms with Crippen molar-refractivity contribution >= 4 is 23.7 Å². The number of ether oxygens (including phenoxy) is 3. The summed E-state index contributed by atoms with van der Waals surface area (Å²) < 4.78 is 15.5. The summed E-state index contributed by atoms with van der Waals surface area (Å²) in [6, 6.07) is 5.98. The first kappa shape index (κ1) is 32.1. The largest absolute Gasteiger partial charge is 0.497 e. The summed E-state index contributed by atoms with van der Waals surface area (Å²) in [7, 11) is 1.56. The lowest BCUT2D eigenvalue weighted by molar-refractivity contribution is -0.148. The molecule has 0 spiro atoms. The van der Waals surface area contributed by atoms with Gasteiger partial charge in [-0.05, 0) is 50.1 Å². The van der Waals surface area contributed by atoms with Crippen LogP contribution in [0.5, 0.6) is 5.75 Å². The van der Waals surface area contributed by atoms with Gasteiger partial charge in [-0.3, -0.25) is 4.79 Å². The van der Waals surface area contributed by atoms with Crippen molar-refractivity contribution in [1.29, 1.82) is 0 Å². The maximum atomic E-state index is 12.9. The van der Waals surface area contributed by atoms with E-state index in [2.05, 4.69) is 17.2 Å². The first-order chi connectivity index (χ1) is 17.9. The summed E-state index contributed by atoms with van der Waals surface area (Å²) >= 11 is 0. The molecule has 2 amide bonds. The lowest BCUT2D eigenvalue weighted by Crippen LogP contribution is -2.48. The van der Waals surface area contributed by atoms with Gasteiger partial charge in [0.25, 0.3) is 0 Å². The van der Waals surface area contributed by atoms with Crippen LogP contribution in [0.25, 0.3) is 0 Å². The zero-order valence-electron chi connectivity index (χ0n) is 23.3. The molecule has 1 N–H and O–H groups in total. The van der Waals surface area contributed by atoms with Crippen molar-refractivity contribution in [3.05, 3.63) is 29.8 Å². The molecule has 0 aliphatic carbocycles. The molecule has 0 saturated heterocycles. The van der Waals surface area contributed by atoms with Crippen molar-refractivity contribution in [1.82, 2.24) is 5.32 Å². The minimum Gasteiger partial charge on any atom is -0.497 e. The zero-order valence-corrected chi connectivity index (χ0v) is 23.3. The Morgan fingerprint density at radius 1 is 0.838 bits per heavy atom. The van der Waals surface area contributed by atoms with E-state index in [1.807, 2.05) is 0 Å². The first-order valence-corrected chi connectivity index (χ1v) is 13.7. The van der Waals surface area contributed by atoms with Gasteiger partial charge in [0.15, 0.2) is 0 Å². The Morgan fingerprint density at radius 3 is 1.95 bits per heavy atom. The molecule has 0 bridgehead atoms. The lowest BCUT2D eigenvalue weighted by atomic mass is 9.91. The maximum absolute atomic E-state index is 12.9. The van der Waals surface area contributed by atoms with Crippen molar-refractivity contribution < 1.29 is 28.6 Å². The van der Waals surface area contributed by atoms with Crippen molar-refractivity contribution in [3.8, 4) is 5.75 Å². The number of esters is 1. The highest BCUT2D eigenvalue weighted by atomic mass is 16.5. The molecule has 0 radical (unpaired) electrons. The van der Waals surface area contributed by atoms with Crippen LogP contribution in [0.1, 0.15) is 97.5 Å². The second-order valence-corrected chi connectivity index (χ2v) is 9.09. The van der Waals surface area contributed by atoms with Gasteiger partial charge in [-0.1, -0.05) is 65.2 Å². The number of hydrogen-bond acceptors (Lipinski definition) is 6. The number of amides is 2. The third-order valence-electron chi connectivity index (χ3n) is 6.16. The van der Waals surface area contributed by atoms with Crippen LogP contribution in [-0.2, 0) is 19.1 Å². The predicted molar refractivity (Wildman–Crippen MR) is 146 cm³/mol. The molecule has 1 rings (SSSR count). The average Bonchev–Trinajstić information content (AvgIpc) is 2.89. The summed E-state index contributed by atoms with van der Waals surface area (Å²) in [5.74, 6) is -0.800. The monoisotopic (exact) mass is 518 g/mol. The van der Waals surface area contributed by atoms with Gasteiger partial charge in [-0.2, -0.15) is 4.99 Å². The molecule has 0 heterocycles. The standard InChI is InChI=1S/C29H46N2O6/c1-6-9-10-11-12-13-14-15-16-17-25(32)30-27(28(33)36-7-2)22(4)26(31-29(34)37-8-3)23-18-20-24(35-5)21-19-23/h18-22,27H,6-17H2,1-5H3,(H,30,32)/b31-26-/t22-,27+/m1/s1. The van der Waals surface area contributed by atoms with Gasteiger partial charge in [0, 0.05) is 12.3 Å². The SMILES string of the molecule is CCCCCCCCCCCC(=O)N[C@H](C(=O)OCC)[C@H](C)/C(=N/C(=O)OCC)c1ccc(OC)cc1. The van der Waals surface area contributed by atoms with Crippen molar-refractivity contribution in [2.75, 3.05) is 20.3 Å². The number of benzene rings is 1. The Labute approximate surface area is 222 Å². The molecule has 1 aromatic carbocycles. The molecular weight excluding hydrogens is 472 g/mol. The summed E-state index contributed by atoms with van der Waals surface area (Å²) in [4.78, 5) is 42.0. The van der Waals surface area contributed by atoms with Crippen LogP contribution in [0.2, 0.25) is 0 Å².